The first-order chi connectivity index (χ1) is 8.30. The van der Waals surface area contributed by atoms with Crippen LogP contribution in [0.1, 0.15) is 32.7 Å². The quantitative estimate of drug-likeness (QED) is 0.910. The Labute approximate surface area is 113 Å². The zero-order valence-corrected chi connectivity index (χ0v) is 12.6. The molecule has 0 saturated carbocycles. The molecule has 2 rings (SSSR count). The molecule has 1 aromatic heterocycles. The number of aromatic nitrogens is 2. The fourth-order valence-electron chi connectivity index (χ4n) is 2.67. The van der Waals surface area contributed by atoms with Crippen molar-refractivity contribution < 1.29 is 4.74 Å². The van der Waals surface area contributed by atoms with Gasteiger partial charge in [0.05, 0.1) is 17.7 Å². The summed E-state index contributed by atoms with van der Waals surface area (Å²) in [6, 6.07) is 0. The van der Waals surface area contributed by atoms with Crippen LogP contribution in [0, 0.1) is 0 Å². The lowest BCUT2D eigenvalue weighted by Crippen LogP contribution is -2.56. The topological polar surface area (TPSA) is 50.3 Å². The minimum absolute atomic E-state index is 0.113. The number of rotatable bonds is 3. The number of hydrogen-bond acceptors (Lipinski definition) is 6. The number of nitrogens with one attached hydrogen (secondary N) is 1. The molecule has 1 aliphatic rings. The number of ether oxygens (including phenoxy) is 1. The zero-order chi connectivity index (χ0) is 13.4. The van der Waals surface area contributed by atoms with E-state index in [2.05, 4.69) is 48.1 Å². The molecule has 0 atom stereocenters. The van der Waals surface area contributed by atoms with Gasteiger partial charge in [0.2, 0.25) is 5.13 Å². The second-order valence-corrected chi connectivity index (χ2v) is 7.08. The first-order valence-corrected chi connectivity index (χ1v) is 7.04. The molecule has 1 aliphatic heterocycles. The molecular formula is C12H22N4OS. The van der Waals surface area contributed by atoms with Crippen LogP contribution in [-0.2, 0) is 11.3 Å². The van der Waals surface area contributed by atoms with E-state index in [1.807, 2.05) is 7.05 Å². The van der Waals surface area contributed by atoms with Crippen molar-refractivity contribution in [1.29, 1.82) is 0 Å². The molecule has 0 unspecified atom stereocenters. The van der Waals surface area contributed by atoms with E-state index >= 15 is 0 Å². The smallest absolute Gasteiger partial charge is 0.205 e. The molecule has 0 aliphatic carbocycles. The van der Waals surface area contributed by atoms with Gasteiger partial charge in [0.25, 0.3) is 0 Å². The summed E-state index contributed by atoms with van der Waals surface area (Å²) in [5.41, 5.74) is -0.226. The SMILES string of the molecule is CNc1nnc(CN2CC(C)(C)OC(C)(C)C2)s1. The highest BCUT2D eigenvalue weighted by molar-refractivity contribution is 7.15. The Morgan fingerprint density at radius 3 is 2.33 bits per heavy atom. The van der Waals surface area contributed by atoms with E-state index < -0.39 is 0 Å². The van der Waals surface area contributed by atoms with E-state index in [9.17, 15) is 0 Å². The Hall–Kier alpha value is -0.720. The van der Waals surface area contributed by atoms with Crippen LogP contribution in [0.3, 0.4) is 0 Å². The molecule has 2 heterocycles. The summed E-state index contributed by atoms with van der Waals surface area (Å²) in [6.07, 6.45) is 0. The van der Waals surface area contributed by atoms with Crippen molar-refractivity contribution in [3.05, 3.63) is 5.01 Å². The second kappa shape index (κ2) is 4.75. The van der Waals surface area contributed by atoms with E-state index in [-0.39, 0.29) is 11.2 Å². The maximum absolute atomic E-state index is 6.07. The highest BCUT2D eigenvalue weighted by Crippen LogP contribution is 2.29. The van der Waals surface area contributed by atoms with Crippen molar-refractivity contribution >= 4 is 16.5 Å². The Balaban J connectivity index is 2.04. The summed E-state index contributed by atoms with van der Waals surface area (Å²) in [5.74, 6) is 0. The normalized spacial score (nSPS) is 22.9. The van der Waals surface area contributed by atoms with Crippen molar-refractivity contribution in [3.8, 4) is 0 Å². The number of nitrogens with zero attached hydrogens (tertiary/aromatic N) is 3. The molecule has 6 heteroatoms. The van der Waals surface area contributed by atoms with Crippen LogP contribution in [-0.4, -0.2) is 46.4 Å². The van der Waals surface area contributed by atoms with Crippen LogP contribution >= 0.6 is 11.3 Å². The summed E-state index contributed by atoms with van der Waals surface area (Å²) >= 11 is 1.61. The average Bonchev–Trinajstić information content (AvgIpc) is 2.60. The minimum atomic E-state index is -0.113. The largest absolute Gasteiger partial charge is 0.367 e. The van der Waals surface area contributed by atoms with Gasteiger partial charge in [0.1, 0.15) is 5.01 Å². The monoisotopic (exact) mass is 270 g/mol. The van der Waals surface area contributed by atoms with Gasteiger partial charge < -0.3 is 10.1 Å². The van der Waals surface area contributed by atoms with Crippen LogP contribution in [0.15, 0.2) is 0 Å². The molecule has 0 amide bonds. The third-order valence-corrected chi connectivity index (χ3v) is 3.73. The van der Waals surface area contributed by atoms with Crippen LogP contribution in [0.25, 0.3) is 0 Å². The first kappa shape index (κ1) is 13.7. The minimum Gasteiger partial charge on any atom is -0.367 e. The molecule has 0 bridgehead atoms. The number of hydrogen-bond donors (Lipinski definition) is 1. The van der Waals surface area contributed by atoms with Gasteiger partial charge in [-0.25, -0.2) is 0 Å². The Morgan fingerprint density at radius 1 is 1.22 bits per heavy atom. The van der Waals surface area contributed by atoms with Gasteiger partial charge >= 0.3 is 0 Å². The molecule has 1 aromatic rings. The average molecular weight is 270 g/mol. The lowest BCUT2D eigenvalue weighted by molar-refractivity contribution is -0.182. The first-order valence-electron chi connectivity index (χ1n) is 6.22. The van der Waals surface area contributed by atoms with Gasteiger partial charge in [0.15, 0.2) is 0 Å². The van der Waals surface area contributed by atoms with E-state index in [1.165, 1.54) is 0 Å². The van der Waals surface area contributed by atoms with E-state index in [0.29, 0.717) is 0 Å². The molecule has 0 aromatic carbocycles. The fourth-order valence-corrected chi connectivity index (χ4v) is 3.40. The molecule has 5 nitrogen and oxygen atoms in total. The highest BCUT2D eigenvalue weighted by atomic mass is 32.1. The van der Waals surface area contributed by atoms with Gasteiger partial charge in [0, 0.05) is 20.1 Å². The van der Waals surface area contributed by atoms with Crippen LogP contribution in [0.5, 0.6) is 0 Å². The van der Waals surface area contributed by atoms with Crippen LogP contribution in [0.2, 0.25) is 0 Å². The third-order valence-electron chi connectivity index (χ3n) is 2.80. The van der Waals surface area contributed by atoms with Crippen molar-refractivity contribution in [3.63, 3.8) is 0 Å². The third kappa shape index (κ3) is 3.40. The molecule has 18 heavy (non-hydrogen) atoms. The standard InChI is InChI=1S/C12H22N4OS/c1-11(2)7-16(8-12(3,4)17-11)6-9-14-15-10(13-5)18-9/h6-8H2,1-5H3,(H,13,15). The van der Waals surface area contributed by atoms with Crippen LogP contribution in [0.4, 0.5) is 5.13 Å². The highest BCUT2D eigenvalue weighted by Gasteiger charge is 2.38. The molecule has 0 spiro atoms. The number of morpholine rings is 1. The van der Waals surface area contributed by atoms with Crippen molar-refractivity contribution in [2.24, 2.45) is 0 Å². The summed E-state index contributed by atoms with van der Waals surface area (Å²) in [7, 11) is 1.87. The summed E-state index contributed by atoms with van der Waals surface area (Å²) in [6.45, 7) is 11.2. The van der Waals surface area contributed by atoms with Gasteiger partial charge in [-0.05, 0) is 27.7 Å². The summed E-state index contributed by atoms with van der Waals surface area (Å²) < 4.78 is 6.07. The Kier molecular flexibility index (Phi) is 3.62. The predicted octanol–water partition coefficient (Wildman–Crippen LogP) is 1.97. The van der Waals surface area contributed by atoms with E-state index in [0.717, 1.165) is 29.8 Å². The van der Waals surface area contributed by atoms with E-state index in [1.54, 1.807) is 11.3 Å². The Bertz CT molecular complexity index is 400. The van der Waals surface area contributed by atoms with Gasteiger partial charge in [-0.2, -0.15) is 0 Å². The summed E-state index contributed by atoms with van der Waals surface area (Å²) in [4.78, 5) is 2.39. The lowest BCUT2D eigenvalue weighted by atomic mass is 9.99. The lowest BCUT2D eigenvalue weighted by Gasteiger charge is -2.46. The van der Waals surface area contributed by atoms with Crippen molar-refractivity contribution in [2.45, 2.75) is 45.4 Å². The van der Waals surface area contributed by atoms with Crippen LogP contribution < -0.4 is 5.32 Å². The molecule has 1 fully saturated rings. The maximum atomic E-state index is 6.07. The van der Waals surface area contributed by atoms with Gasteiger partial charge in [-0.15, -0.1) is 10.2 Å². The van der Waals surface area contributed by atoms with Gasteiger partial charge in [-0.3, -0.25) is 4.90 Å². The molecule has 102 valence electrons. The molecule has 1 saturated heterocycles. The molecular weight excluding hydrogens is 248 g/mol. The summed E-state index contributed by atoms with van der Waals surface area (Å²) in [5, 5.41) is 13.2. The van der Waals surface area contributed by atoms with Crippen molar-refractivity contribution in [1.82, 2.24) is 15.1 Å². The fraction of sp³-hybridized carbons (Fsp3) is 0.833. The maximum Gasteiger partial charge on any atom is 0.205 e. The number of anilines is 1. The Morgan fingerprint density at radius 2 is 1.83 bits per heavy atom. The predicted molar refractivity (Wildman–Crippen MR) is 74.0 cm³/mol. The van der Waals surface area contributed by atoms with Gasteiger partial charge in [-0.1, -0.05) is 11.3 Å². The molecule has 0 radical (unpaired) electrons. The zero-order valence-electron chi connectivity index (χ0n) is 11.8. The second-order valence-electron chi connectivity index (χ2n) is 6.02. The van der Waals surface area contributed by atoms with Crippen molar-refractivity contribution in [2.75, 3.05) is 25.5 Å². The molecule has 1 N–H and O–H groups in total. The van der Waals surface area contributed by atoms with E-state index in [4.69, 9.17) is 4.74 Å².